The van der Waals surface area contributed by atoms with E-state index >= 15 is 0 Å². The molecule has 1 N–H and O–H groups in total. The molecule has 1 rings (SSSR count). The monoisotopic (exact) mass is 276 g/mol. The molecule has 1 aromatic rings. The molecule has 1 nitrogen and oxygen atoms in total. The Morgan fingerprint density at radius 3 is 2.06 bits per heavy atom. The van der Waals surface area contributed by atoms with Crippen LogP contribution >= 0.6 is 22.2 Å². The number of rotatable bonds is 4. The number of phenolic OH excluding ortho intramolecular Hbond substituents is 1. The Balaban J connectivity index is 3.08. The maximum atomic E-state index is 9.28. The molecule has 0 spiro atoms. The van der Waals surface area contributed by atoms with Gasteiger partial charge in [0.15, 0.2) is 0 Å². The fourth-order valence-corrected chi connectivity index (χ4v) is 6.38. The van der Waals surface area contributed by atoms with Gasteiger partial charge in [0.25, 0.3) is 6.69 Å². The van der Waals surface area contributed by atoms with Gasteiger partial charge in [0.2, 0.25) is 0 Å². The molecule has 0 fully saturated rings. The third-order valence-corrected chi connectivity index (χ3v) is 8.71. The second-order valence-corrected chi connectivity index (χ2v) is 11.9. The molecular formula is C12H18Cl2OSi. The van der Waals surface area contributed by atoms with Crippen molar-refractivity contribution in [1.82, 2.24) is 0 Å². The second kappa shape index (κ2) is 5.43. The molecule has 1 unspecified atom stereocenters. The van der Waals surface area contributed by atoms with Crippen molar-refractivity contribution in [3.63, 3.8) is 0 Å². The van der Waals surface area contributed by atoms with Gasteiger partial charge < -0.3 is 5.11 Å². The summed E-state index contributed by atoms with van der Waals surface area (Å²) in [4.78, 5) is 0. The van der Waals surface area contributed by atoms with Crippen molar-refractivity contribution in [2.45, 2.75) is 32.4 Å². The molecule has 1 aromatic carbocycles. The van der Waals surface area contributed by atoms with Crippen LogP contribution in [0.4, 0.5) is 0 Å². The zero-order valence-electron chi connectivity index (χ0n) is 9.87. The van der Waals surface area contributed by atoms with Crippen LogP contribution < -0.4 is 0 Å². The SMILES string of the molecule is CC[Si](Cl)(Cl)C(c1ccc(O)cc1)C(C)C. The predicted octanol–water partition coefficient (Wildman–Crippen LogP) is 4.61. The molecule has 0 aromatic heterocycles. The fourth-order valence-electron chi connectivity index (χ4n) is 2.02. The van der Waals surface area contributed by atoms with Crippen LogP contribution in [0.25, 0.3) is 0 Å². The smallest absolute Gasteiger partial charge is 0.258 e. The Labute approximate surface area is 108 Å². The molecule has 0 heterocycles. The lowest BCUT2D eigenvalue weighted by Gasteiger charge is -2.30. The molecule has 0 amide bonds. The summed E-state index contributed by atoms with van der Waals surface area (Å²) < 4.78 is 0. The van der Waals surface area contributed by atoms with Gasteiger partial charge in [-0.2, -0.15) is 0 Å². The van der Waals surface area contributed by atoms with E-state index in [2.05, 4.69) is 13.8 Å². The molecule has 0 bridgehead atoms. The standard InChI is InChI=1S/C12H18Cl2OSi/c1-4-16(13,14)12(9(2)3)10-5-7-11(15)8-6-10/h5-9,12,15H,4H2,1-3H3. The van der Waals surface area contributed by atoms with E-state index in [9.17, 15) is 5.11 Å². The van der Waals surface area contributed by atoms with Gasteiger partial charge in [-0.3, -0.25) is 0 Å². The molecule has 0 aliphatic rings. The first-order valence-corrected chi connectivity index (χ1v) is 9.86. The highest BCUT2D eigenvalue weighted by Gasteiger charge is 2.39. The summed E-state index contributed by atoms with van der Waals surface area (Å²) in [7, 11) is 0. The van der Waals surface area contributed by atoms with E-state index in [1.807, 2.05) is 19.1 Å². The van der Waals surface area contributed by atoms with Crippen LogP contribution in [0, 0.1) is 5.92 Å². The van der Waals surface area contributed by atoms with Crippen LogP contribution in [0.3, 0.4) is 0 Å². The number of hydrogen-bond donors (Lipinski definition) is 1. The Kier molecular flexibility index (Phi) is 4.71. The third kappa shape index (κ3) is 3.16. The minimum atomic E-state index is -2.27. The first kappa shape index (κ1) is 13.9. The predicted molar refractivity (Wildman–Crippen MR) is 73.6 cm³/mol. The second-order valence-electron chi connectivity index (χ2n) is 4.43. The van der Waals surface area contributed by atoms with E-state index in [1.165, 1.54) is 0 Å². The average molecular weight is 277 g/mol. The fraction of sp³-hybridized carbons (Fsp3) is 0.500. The summed E-state index contributed by atoms with van der Waals surface area (Å²) in [5.41, 5.74) is 1.34. The maximum Gasteiger partial charge on any atom is 0.258 e. The van der Waals surface area contributed by atoms with Crippen LogP contribution in [0.5, 0.6) is 5.75 Å². The highest BCUT2D eigenvalue weighted by molar-refractivity contribution is 7.45. The molecule has 1 atom stereocenters. The molecular weight excluding hydrogens is 259 g/mol. The molecule has 4 heteroatoms. The van der Waals surface area contributed by atoms with Crippen molar-refractivity contribution in [3.8, 4) is 5.75 Å². The Bertz CT molecular complexity index is 335. The zero-order valence-corrected chi connectivity index (χ0v) is 12.4. The van der Waals surface area contributed by atoms with Crippen molar-refractivity contribution in [3.05, 3.63) is 29.8 Å². The van der Waals surface area contributed by atoms with Gasteiger partial charge >= 0.3 is 0 Å². The highest BCUT2D eigenvalue weighted by atomic mass is 35.7. The number of halogens is 2. The van der Waals surface area contributed by atoms with Crippen LogP contribution in [0.15, 0.2) is 24.3 Å². The first-order valence-electron chi connectivity index (χ1n) is 5.55. The number of phenols is 1. The van der Waals surface area contributed by atoms with Crippen molar-refractivity contribution >= 4 is 28.9 Å². The Hall–Kier alpha value is -0.183. The summed E-state index contributed by atoms with van der Waals surface area (Å²) in [5.74, 6) is 0.685. The molecule has 0 saturated heterocycles. The maximum absolute atomic E-state index is 9.28. The van der Waals surface area contributed by atoms with Gasteiger partial charge in [0.05, 0.1) is 0 Å². The van der Waals surface area contributed by atoms with E-state index in [4.69, 9.17) is 22.2 Å². The van der Waals surface area contributed by atoms with Gasteiger partial charge in [-0.1, -0.05) is 32.9 Å². The first-order chi connectivity index (χ1) is 7.38. The van der Waals surface area contributed by atoms with Crippen LogP contribution in [-0.4, -0.2) is 11.8 Å². The van der Waals surface area contributed by atoms with Gasteiger partial charge in [-0.25, -0.2) is 0 Å². The largest absolute Gasteiger partial charge is 0.508 e. The normalized spacial score (nSPS) is 14.1. The molecule has 0 radical (unpaired) electrons. The third-order valence-electron chi connectivity index (χ3n) is 2.85. The van der Waals surface area contributed by atoms with Crippen molar-refractivity contribution < 1.29 is 5.11 Å². The van der Waals surface area contributed by atoms with Crippen molar-refractivity contribution in [1.29, 1.82) is 0 Å². The van der Waals surface area contributed by atoms with Crippen molar-refractivity contribution in [2.24, 2.45) is 5.92 Å². The number of hydrogen-bond acceptors (Lipinski definition) is 1. The summed E-state index contributed by atoms with van der Waals surface area (Å²) in [6.45, 7) is 4.06. The average Bonchev–Trinajstić information content (AvgIpc) is 2.20. The van der Waals surface area contributed by atoms with E-state index in [0.717, 1.165) is 11.6 Å². The summed E-state index contributed by atoms with van der Waals surface area (Å²) >= 11 is 13.0. The molecule has 0 aliphatic heterocycles. The van der Waals surface area contributed by atoms with Gasteiger partial charge in [-0.05, 0) is 29.7 Å². The van der Waals surface area contributed by atoms with E-state index < -0.39 is 6.69 Å². The van der Waals surface area contributed by atoms with E-state index in [1.54, 1.807) is 12.1 Å². The zero-order chi connectivity index (χ0) is 12.3. The van der Waals surface area contributed by atoms with E-state index in [0.29, 0.717) is 5.92 Å². The van der Waals surface area contributed by atoms with E-state index in [-0.39, 0.29) is 11.3 Å². The van der Waals surface area contributed by atoms with Gasteiger partial charge in [0.1, 0.15) is 5.75 Å². The number of aromatic hydroxyl groups is 1. The summed E-state index contributed by atoms with van der Waals surface area (Å²) in [5, 5.41) is 9.28. The Morgan fingerprint density at radius 1 is 1.19 bits per heavy atom. The van der Waals surface area contributed by atoms with Gasteiger partial charge in [0, 0.05) is 5.54 Å². The summed E-state index contributed by atoms with van der Waals surface area (Å²) in [6.07, 6.45) is 0. The minimum Gasteiger partial charge on any atom is -0.508 e. The lowest BCUT2D eigenvalue weighted by Crippen LogP contribution is -2.32. The molecule has 90 valence electrons. The lowest BCUT2D eigenvalue weighted by atomic mass is 10.0. The molecule has 16 heavy (non-hydrogen) atoms. The highest BCUT2D eigenvalue weighted by Crippen LogP contribution is 2.41. The number of benzene rings is 1. The topological polar surface area (TPSA) is 20.2 Å². The Morgan fingerprint density at radius 2 is 1.69 bits per heavy atom. The summed E-state index contributed by atoms with van der Waals surface area (Å²) in [6, 6.07) is 8.06. The van der Waals surface area contributed by atoms with Crippen LogP contribution in [-0.2, 0) is 0 Å². The molecule has 0 saturated carbocycles. The minimum absolute atomic E-state index is 0.210. The van der Waals surface area contributed by atoms with Crippen molar-refractivity contribution in [2.75, 3.05) is 0 Å². The van der Waals surface area contributed by atoms with Crippen LogP contribution in [0.2, 0.25) is 6.04 Å². The lowest BCUT2D eigenvalue weighted by molar-refractivity contribution is 0.474. The van der Waals surface area contributed by atoms with Crippen LogP contribution in [0.1, 0.15) is 31.9 Å². The molecule has 0 aliphatic carbocycles. The van der Waals surface area contributed by atoms with Gasteiger partial charge in [-0.15, -0.1) is 22.2 Å². The quantitative estimate of drug-likeness (QED) is 0.629.